The molecule has 224 valence electrons. The third-order valence-corrected chi connectivity index (χ3v) is 12.5. The maximum absolute atomic E-state index is 2.46. The van der Waals surface area contributed by atoms with Crippen molar-refractivity contribution < 1.29 is 0 Å². The topological polar surface area (TPSA) is 0 Å². The van der Waals surface area contributed by atoms with Crippen molar-refractivity contribution in [3.05, 3.63) is 156 Å². The molecule has 0 N–H and O–H groups in total. The molecule has 0 saturated carbocycles. The van der Waals surface area contributed by atoms with Crippen LogP contribution in [0.15, 0.2) is 133 Å². The first-order chi connectivity index (χ1) is 22.8. The molecule has 0 aliphatic heterocycles. The molecular formula is C46H34S. The second kappa shape index (κ2) is 9.31. The lowest BCUT2D eigenvalue weighted by Crippen LogP contribution is -2.15. The zero-order valence-corrected chi connectivity index (χ0v) is 27.9. The van der Waals surface area contributed by atoms with Crippen LogP contribution in [0.4, 0.5) is 0 Å². The van der Waals surface area contributed by atoms with Gasteiger partial charge in [0.1, 0.15) is 0 Å². The fraction of sp³-hybridized carbons (Fsp3) is 0.130. The van der Waals surface area contributed by atoms with E-state index in [-0.39, 0.29) is 10.8 Å². The summed E-state index contributed by atoms with van der Waals surface area (Å²) >= 11 is 1.90. The quantitative estimate of drug-likeness (QED) is 0.181. The molecule has 8 aromatic rings. The Kier molecular flexibility index (Phi) is 5.38. The molecule has 0 fully saturated rings. The van der Waals surface area contributed by atoms with Crippen LogP contribution in [0.3, 0.4) is 0 Å². The monoisotopic (exact) mass is 618 g/mol. The number of rotatable bonds is 2. The van der Waals surface area contributed by atoms with Crippen molar-refractivity contribution in [2.45, 2.75) is 38.5 Å². The fourth-order valence-electron chi connectivity index (χ4n) is 8.86. The normalized spacial score (nSPS) is 15.1. The SMILES string of the molecule is CC1(C)c2ccccc2-c2c1ccc1c3c(ccc21)C(C)(C)c1cc(-c2cccc(-c4cccc5c4sc4ccccc45)c2)ccc1-3. The molecule has 1 heteroatoms. The van der Waals surface area contributed by atoms with Gasteiger partial charge in [-0.05, 0) is 95.7 Å². The lowest BCUT2D eigenvalue weighted by atomic mass is 9.80. The standard InChI is InChI=1S/C46H34S/c1-45(2)37-17-7-5-14-35(37)42-32-22-24-39-43(33(32)21-23-38(42)45)36-20-19-28(26-40(36)46(39,3)4)27-11-9-12-29(25-27)30-15-10-16-34-31-13-6-8-18-41(31)47-44(30)34/h5-26H,1-4H3. The van der Waals surface area contributed by atoms with Gasteiger partial charge in [-0.25, -0.2) is 0 Å². The van der Waals surface area contributed by atoms with Crippen LogP contribution in [0.1, 0.15) is 49.9 Å². The van der Waals surface area contributed by atoms with Crippen LogP contribution in [0.2, 0.25) is 0 Å². The number of fused-ring (bicyclic) bond motifs is 12. The van der Waals surface area contributed by atoms with Crippen molar-refractivity contribution >= 4 is 42.3 Å². The summed E-state index contributed by atoms with van der Waals surface area (Å²) in [5.74, 6) is 0. The second-order valence-corrected chi connectivity index (χ2v) is 15.5. The zero-order valence-electron chi connectivity index (χ0n) is 27.1. The molecule has 0 amide bonds. The zero-order chi connectivity index (χ0) is 31.7. The van der Waals surface area contributed by atoms with Gasteiger partial charge in [0.25, 0.3) is 0 Å². The molecule has 0 radical (unpaired) electrons. The van der Waals surface area contributed by atoms with E-state index >= 15 is 0 Å². The summed E-state index contributed by atoms with van der Waals surface area (Å²) in [6.45, 7) is 9.54. The van der Waals surface area contributed by atoms with Crippen LogP contribution >= 0.6 is 11.3 Å². The van der Waals surface area contributed by atoms with Crippen LogP contribution < -0.4 is 0 Å². The van der Waals surface area contributed by atoms with E-state index in [1.165, 1.54) is 97.7 Å². The maximum Gasteiger partial charge on any atom is 0.0433 e. The molecule has 2 aliphatic carbocycles. The Labute approximate surface area is 280 Å². The Hall–Kier alpha value is -4.98. The molecule has 0 spiro atoms. The molecule has 0 atom stereocenters. The lowest BCUT2D eigenvalue weighted by Gasteiger charge is -2.23. The van der Waals surface area contributed by atoms with E-state index in [1.807, 2.05) is 11.3 Å². The summed E-state index contributed by atoms with van der Waals surface area (Å²) in [6, 6.07) is 50.5. The maximum atomic E-state index is 2.46. The predicted molar refractivity (Wildman–Crippen MR) is 203 cm³/mol. The Morgan fingerprint density at radius 2 is 0.979 bits per heavy atom. The van der Waals surface area contributed by atoms with Crippen molar-refractivity contribution in [1.29, 1.82) is 0 Å². The highest BCUT2D eigenvalue weighted by molar-refractivity contribution is 7.26. The van der Waals surface area contributed by atoms with Crippen molar-refractivity contribution in [1.82, 2.24) is 0 Å². The number of thiophene rings is 1. The first kappa shape index (κ1) is 27.2. The third-order valence-electron chi connectivity index (χ3n) is 11.3. The Balaban J connectivity index is 1.12. The molecule has 0 unspecified atom stereocenters. The molecule has 0 saturated heterocycles. The van der Waals surface area contributed by atoms with Crippen molar-refractivity contribution in [3.8, 4) is 44.5 Å². The van der Waals surface area contributed by atoms with Gasteiger partial charge in [-0.3, -0.25) is 0 Å². The predicted octanol–water partition coefficient (Wildman–Crippen LogP) is 13.2. The van der Waals surface area contributed by atoms with Crippen LogP contribution in [-0.4, -0.2) is 0 Å². The molecule has 7 aromatic carbocycles. The first-order valence-electron chi connectivity index (χ1n) is 16.7. The van der Waals surface area contributed by atoms with Gasteiger partial charge < -0.3 is 0 Å². The number of hydrogen-bond donors (Lipinski definition) is 0. The van der Waals surface area contributed by atoms with E-state index in [0.29, 0.717) is 0 Å². The highest BCUT2D eigenvalue weighted by Crippen LogP contribution is 2.56. The number of benzene rings is 7. The smallest absolute Gasteiger partial charge is 0.0433 e. The van der Waals surface area contributed by atoms with E-state index < -0.39 is 0 Å². The first-order valence-corrected chi connectivity index (χ1v) is 17.5. The molecule has 47 heavy (non-hydrogen) atoms. The molecule has 1 aromatic heterocycles. The van der Waals surface area contributed by atoms with Gasteiger partial charge in [-0.1, -0.05) is 143 Å². The van der Waals surface area contributed by atoms with Gasteiger partial charge >= 0.3 is 0 Å². The summed E-state index contributed by atoms with van der Waals surface area (Å²) in [5.41, 5.74) is 16.3. The molecule has 10 rings (SSSR count). The summed E-state index contributed by atoms with van der Waals surface area (Å²) in [5, 5.41) is 5.42. The van der Waals surface area contributed by atoms with Crippen LogP contribution in [0.5, 0.6) is 0 Å². The second-order valence-electron chi connectivity index (χ2n) is 14.5. The third kappa shape index (κ3) is 3.58. The molecule has 2 aliphatic rings. The van der Waals surface area contributed by atoms with Gasteiger partial charge in [0.15, 0.2) is 0 Å². The highest BCUT2D eigenvalue weighted by Gasteiger charge is 2.40. The minimum Gasteiger partial charge on any atom is -0.135 e. The summed E-state index contributed by atoms with van der Waals surface area (Å²) in [6.07, 6.45) is 0. The summed E-state index contributed by atoms with van der Waals surface area (Å²) < 4.78 is 2.71. The van der Waals surface area contributed by atoms with Crippen molar-refractivity contribution in [2.24, 2.45) is 0 Å². The molecule has 0 bridgehead atoms. The molecular weight excluding hydrogens is 585 g/mol. The van der Waals surface area contributed by atoms with Gasteiger partial charge in [-0.15, -0.1) is 11.3 Å². The Bertz CT molecular complexity index is 2630. The van der Waals surface area contributed by atoms with Gasteiger partial charge in [-0.2, -0.15) is 0 Å². The van der Waals surface area contributed by atoms with E-state index in [0.717, 1.165) is 0 Å². The van der Waals surface area contributed by atoms with Crippen LogP contribution in [0.25, 0.3) is 75.5 Å². The van der Waals surface area contributed by atoms with Crippen molar-refractivity contribution in [3.63, 3.8) is 0 Å². The highest BCUT2D eigenvalue weighted by atomic mass is 32.1. The average Bonchev–Trinajstić information content (AvgIpc) is 3.68. The van der Waals surface area contributed by atoms with Crippen LogP contribution in [-0.2, 0) is 10.8 Å². The fourth-order valence-corrected chi connectivity index (χ4v) is 10.1. The summed E-state index contributed by atoms with van der Waals surface area (Å²) in [4.78, 5) is 0. The van der Waals surface area contributed by atoms with Crippen molar-refractivity contribution in [2.75, 3.05) is 0 Å². The summed E-state index contributed by atoms with van der Waals surface area (Å²) in [7, 11) is 0. The number of hydrogen-bond acceptors (Lipinski definition) is 1. The Morgan fingerprint density at radius 1 is 0.383 bits per heavy atom. The van der Waals surface area contributed by atoms with E-state index in [2.05, 4.69) is 161 Å². The van der Waals surface area contributed by atoms with E-state index in [4.69, 9.17) is 0 Å². The van der Waals surface area contributed by atoms with E-state index in [9.17, 15) is 0 Å². The minimum absolute atomic E-state index is 0.00223. The van der Waals surface area contributed by atoms with E-state index in [1.54, 1.807) is 0 Å². The molecule has 1 heterocycles. The Morgan fingerprint density at radius 3 is 1.79 bits per heavy atom. The largest absolute Gasteiger partial charge is 0.135 e. The van der Waals surface area contributed by atoms with Gasteiger partial charge in [0.05, 0.1) is 0 Å². The van der Waals surface area contributed by atoms with Gasteiger partial charge in [0, 0.05) is 31.0 Å². The van der Waals surface area contributed by atoms with Gasteiger partial charge in [0.2, 0.25) is 0 Å². The minimum atomic E-state index is -0.0919. The van der Waals surface area contributed by atoms with Crippen LogP contribution in [0, 0.1) is 0 Å². The lowest BCUT2D eigenvalue weighted by molar-refractivity contribution is 0.660. The average molecular weight is 619 g/mol. The molecule has 0 nitrogen and oxygen atoms in total.